The smallest absolute Gasteiger partial charge is 0.166 e. The van der Waals surface area contributed by atoms with Gasteiger partial charge in [0.2, 0.25) is 0 Å². The van der Waals surface area contributed by atoms with E-state index in [2.05, 4.69) is 0 Å². The van der Waals surface area contributed by atoms with Crippen molar-refractivity contribution in [3.63, 3.8) is 0 Å². The molecule has 0 spiro atoms. The van der Waals surface area contributed by atoms with Crippen molar-refractivity contribution in [3.05, 3.63) is 58.3 Å². The highest BCUT2D eigenvalue weighted by Gasteiger charge is 2.34. The molecule has 2 aromatic rings. The first-order valence-corrected chi connectivity index (χ1v) is 5.83. The summed E-state index contributed by atoms with van der Waals surface area (Å²) in [7, 11) is 0. The molecule has 0 amide bonds. The molecule has 0 aliphatic rings. The highest BCUT2D eigenvalue weighted by Crippen LogP contribution is 2.35. The standard InChI is InChI=1S/C13H9F3S/c14-13(15,16)12(9-11-7-4-8-17-11)10-5-2-1-3-6-10/h1-9H/b12-9+. The monoisotopic (exact) mass is 254 g/mol. The maximum Gasteiger partial charge on any atom is 0.417 e. The average molecular weight is 254 g/mol. The molecule has 0 fully saturated rings. The van der Waals surface area contributed by atoms with Crippen molar-refractivity contribution in [2.24, 2.45) is 0 Å². The van der Waals surface area contributed by atoms with E-state index < -0.39 is 11.7 Å². The molecule has 0 saturated carbocycles. The largest absolute Gasteiger partial charge is 0.417 e. The van der Waals surface area contributed by atoms with Crippen molar-refractivity contribution in [1.29, 1.82) is 0 Å². The molecular weight excluding hydrogens is 245 g/mol. The minimum Gasteiger partial charge on any atom is -0.166 e. The number of hydrogen-bond acceptors (Lipinski definition) is 1. The third-order valence-electron chi connectivity index (χ3n) is 2.22. The van der Waals surface area contributed by atoms with Crippen molar-refractivity contribution in [2.45, 2.75) is 6.18 Å². The van der Waals surface area contributed by atoms with Gasteiger partial charge in [-0.25, -0.2) is 0 Å². The van der Waals surface area contributed by atoms with Gasteiger partial charge in [0.25, 0.3) is 0 Å². The zero-order valence-electron chi connectivity index (χ0n) is 8.74. The van der Waals surface area contributed by atoms with Crippen molar-refractivity contribution in [2.75, 3.05) is 0 Å². The number of rotatable bonds is 2. The molecule has 1 aromatic heterocycles. The summed E-state index contributed by atoms with van der Waals surface area (Å²) in [5, 5.41) is 1.75. The Bertz CT molecular complexity index is 495. The second-order valence-electron chi connectivity index (χ2n) is 3.44. The molecule has 0 N–H and O–H groups in total. The maximum atomic E-state index is 12.9. The molecule has 0 aliphatic carbocycles. The highest BCUT2D eigenvalue weighted by atomic mass is 32.1. The number of halogens is 3. The van der Waals surface area contributed by atoms with E-state index in [0.29, 0.717) is 4.88 Å². The van der Waals surface area contributed by atoms with Crippen LogP contribution < -0.4 is 0 Å². The van der Waals surface area contributed by atoms with Crippen molar-refractivity contribution in [3.8, 4) is 0 Å². The van der Waals surface area contributed by atoms with Crippen LogP contribution in [-0.4, -0.2) is 6.18 Å². The number of benzene rings is 1. The van der Waals surface area contributed by atoms with Gasteiger partial charge >= 0.3 is 6.18 Å². The van der Waals surface area contributed by atoms with Gasteiger partial charge in [-0.05, 0) is 23.1 Å². The van der Waals surface area contributed by atoms with Gasteiger partial charge in [-0.3, -0.25) is 0 Å². The van der Waals surface area contributed by atoms with Crippen LogP contribution in [0, 0.1) is 0 Å². The topological polar surface area (TPSA) is 0 Å². The minimum absolute atomic E-state index is 0.188. The van der Waals surface area contributed by atoms with Gasteiger partial charge < -0.3 is 0 Å². The Morgan fingerprint density at radius 2 is 1.71 bits per heavy atom. The molecule has 0 saturated heterocycles. The molecule has 4 heteroatoms. The number of hydrogen-bond donors (Lipinski definition) is 0. The number of thiophene rings is 1. The van der Waals surface area contributed by atoms with E-state index in [0.717, 1.165) is 0 Å². The lowest BCUT2D eigenvalue weighted by atomic mass is 10.0. The lowest BCUT2D eigenvalue weighted by Gasteiger charge is -2.11. The lowest BCUT2D eigenvalue weighted by Crippen LogP contribution is -2.10. The van der Waals surface area contributed by atoms with Crippen LogP contribution in [0.3, 0.4) is 0 Å². The molecule has 17 heavy (non-hydrogen) atoms. The zero-order valence-corrected chi connectivity index (χ0v) is 9.55. The average Bonchev–Trinajstić information content (AvgIpc) is 2.78. The highest BCUT2D eigenvalue weighted by molar-refractivity contribution is 7.10. The Labute approximate surface area is 101 Å². The van der Waals surface area contributed by atoms with Gasteiger partial charge in [0.1, 0.15) is 0 Å². The van der Waals surface area contributed by atoms with Gasteiger partial charge in [0, 0.05) is 4.88 Å². The Morgan fingerprint density at radius 1 is 1.00 bits per heavy atom. The Hall–Kier alpha value is -1.55. The van der Waals surface area contributed by atoms with Crippen LogP contribution in [0.1, 0.15) is 10.4 Å². The number of alkyl halides is 3. The van der Waals surface area contributed by atoms with E-state index in [4.69, 9.17) is 0 Å². The van der Waals surface area contributed by atoms with Crippen LogP contribution in [0.15, 0.2) is 47.8 Å². The molecule has 0 atom stereocenters. The summed E-state index contributed by atoms with van der Waals surface area (Å²) < 4.78 is 38.8. The SMILES string of the molecule is FC(F)(F)/C(=C/c1cccs1)c1ccccc1. The van der Waals surface area contributed by atoms with Crippen molar-refractivity contribution >= 4 is 23.0 Å². The Morgan fingerprint density at radius 3 is 2.24 bits per heavy atom. The van der Waals surface area contributed by atoms with Gasteiger partial charge in [0.15, 0.2) is 0 Å². The van der Waals surface area contributed by atoms with Crippen LogP contribution in [0.4, 0.5) is 13.2 Å². The molecule has 0 nitrogen and oxygen atoms in total. The molecule has 0 radical (unpaired) electrons. The second-order valence-corrected chi connectivity index (χ2v) is 4.42. The minimum atomic E-state index is -4.34. The first kappa shape index (κ1) is 11.9. The summed E-state index contributed by atoms with van der Waals surface area (Å²) in [5.74, 6) is 0. The molecule has 0 unspecified atom stereocenters. The van der Waals surface area contributed by atoms with Crippen LogP contribution >= 0.6 is 11.3 Å². The van der Waals surface area contributed by atoms with Gasteiger partial charge in [-0.15, -0.1) is 11.3 Å². The summed E-state index contributed by atoms with van der Waals surface area (Å²) in [6.45, 7) is 0. The second kappa shape index (κ2) is 4.75. The number of allylic oxidation sites excluding steroid dienone is 1. The van der Waals surface area contributed by atoms with Crippen molar-refractivity contribution < 1.29 is 13.2 Å². The molecule has 0 bridgehead atoms. The fraction of sp³-hybridized carbons (Fsp3) is 0.0769. The van der Waals surface area contributed by atoms with E-state index in [-0.39, 0.29) is 5.56 Å². The lowest BCUT2D eigenvalue weighted by molar-refractivity contribution is -0.0683. The third kappa shape index (κ3) is 2.97. The predicted molar refractivity (Wildman–Crippen MR) is 64.7 cm³/mol. The van der Waals surface area contributed by atoms with E-state index in [1.54, 1.807) is 35.7 Å². The molecule has 0 aliphatic heterocycles. The fourth-order valence-corrected chi connectivity index (χ4v) is 2.12. The first-order chi connectivity index (χ1) is 8.07. The zero-order chi connectivity index (χ0) is 12.3. The van der Waals surface area contributed by atoms with Crippen LogP contribution in [0.25, 0.3) is 11.6 Å². The van der Waals surface area contributed by atoms with E-state index in [1.165, 1.54) is 29.5 Å². The predicted octanol–water partition coefficient (Wildman–Crippen LogP) is 4.85. The van der Waals surface area contributed by atoms with Crippen LogP contribution in [0.2, 0.25) is 0 Å². The Kier molecular flexibility index (Phi) is 3.33. The fourth-order valence-electron chi connectivity index (χ4n) is 1.46. The molecule has 1 aromatic carbocycles. The van der Waals surface area contributed by atoms with Gasteiger partial charge in [-0.2, -0.15) is 13.2 Å². The van der Waals surface area contributed by atoms with Gasteiger partial charge in [-0.1, -0.05) is 36.4 Å². The quantitative estimate of drug-likeness (QED) is 0.718. The van der Waals surface area contributed by atoms with E-state index in [9.17, 15) is 13.2 Å². The molecular formula is C13H9F3S. The van der Waals surface area contributed by atoms with Crippen molar-refractivity contribution in [1.82, 2.24) is 0 Å². The molecule has 2 rings (SSSR count). The van der Waals surface area contributed by atoms with E-state index in [1.807, 2.05) is 0 Å². The summed E-state index contributed by atoms with van der Waals surface area (Å²) in [4.78, 5) is 0.598. The van der Waals surface area contributed by atoms with Crippen LogP contribution in [-0.2, 0) is 0 Å². The third-order valence-corrected chi connectivity index (χ3v) is 3.04. The van der Waals surface area contributed by atoms with Crippen LogP contribution in [0.5, 0.6) is 0 Å². The summed E-state index contributed by atoms with van der Waals surface area (Å²) in [6, 6.07) is 11.2. The molecule has 88 valence electrons. The van der Waals surface area contributed by atoms with E-state index >= 15 is 0 Å². The Balaban J connectivity index is 2.47. The summed E-state index contributed by atoms with van der Waals surface area (Å²) in [5.41, 5.74) is -0.422. The molecule has 1 heterocycles. The normalized spacial score (nSPS) is 12.8. The van der Waals surface area contributed by atoms with Gasteiger partial charge in [0.05, 0.1) is 5.57 Å². The maximum absolute atomic E-state index is 12.9. The summed E-state index contributed by atoms with van der Waals surface area (Å²) >= 11 is 1.29. The summed E-state index contributed by atoms with van der Waals surface area (Å²) in [6.07, 6.45) is -3.16. The first-order valence-electron chi connectivity index (χ1n) is 4.95.